The lowest BCUT2D eigenvalue weighted by molar-refractivity contribution is 0.971. The zero-order chi connectivity index (χ0) is 5.86. The van der Waals surface area contributed by atoms with E-state index in [2.05, 4.69) is 27.7 Å². The zero-order valence-corrected chi connectivity index (χ0v) is 7.28. The van der Waals surface area contributed by atoms with Crippen LogP contribution in [-0.4, -0.2) is 9.52 Å². The van der Waals surface area contributed by atoms with E-state index in [4.69, 9.17) is 0 Å². The van der Waals surface area contributed by atoms with Gasteiger partial charge >= 0.3 is 0 Å². The van der Waals surface area contributed by atoms with Crippen molar-refractivity contribution in [3.05, 3.63) is 0 Å². The second-order valence-electron chi connectivity index (χ2n) is 3.02. The van der Waals surface area contributed by atoms with Crippen molar-refractivity contribution in [2.45, 2.75) is 38.8 Å². The lowest BCUT2D eigenvalue weighted by Crippen LogP contribution is -1.98. The van der Waals surface area contributed by atoms with Crippen molar-refractivity contribution < 1.29 is 0 Å². The van der Waals surface area contributed by atoms with E-state index in [-0.39, 0.29) is 9.52 Å². The monoisotopic (exact) mass is 116 g/mol. The minimum absolute atomic E-state index is 0.281. The summed E-state index contributed by atoms with van der Waals surface area (Å²) < 4.78 is 0. The fraction of sp³-hybridized carbons (Fsp3) is 1.00. The summed E-state index contributed by atoms with van der Waals surface area (Å²) in [4.78, 5) is 0. The SMILES string of the molecule is CC(C)[SiH2]C(C)C. The van der Waals surface area contributed by atoms with E-state index in [1.807, 2.05) is 0 Å². The summed E-state index contributed by atoms with van der Waals surface area (Å²) in [5, 5.41) is 0. The van der Waals surface area contributed by atoms with Gasteiger partial charge in [0.25, 0.3) is 0 Å². The molecule has 44 valence electrons. The van der Waals surface area contributed by atoms with Crippen molar-refractivity contribution in [1.82, 2.24) is 0 Å². The molecule has 0 aromatic carbocycles. The third kappa shape index (κ3) is 6.22. The molecule has 0 spiro atoms. The van der Waals surface area contributed by atoms with Gasteiger partial charge in [0.2, 0.25) is 0 Å². The summed E-state index contributed by atoms with van der Waals surface area (Å²) in [6, 6.07) is 0. The van der Waals surface area contributed by atoms with Crippen molar-refractivity contribution in [3.63, 3.8) is 0 Å². The molecule has 7 heavy (non-hydrogen) atoms. The van der Waals surface area contributed by atoms with Gasteiger partial charge in [0, 0.05) is 9.52 Å². The Morgan fingerprint density at radius 2 is 1.14 bits per heavy atom. The molecule has 0 nitrogen and oxygen atoms in total. The first kappa shape index (κ1) is 7.22. The van der Waals surface area contributed by atoms with Gasteiger partial charge in [0.15, 0.2) is 0 Å². The van der Waals surface area contributed by atoms with E-state index < -0.39 is 0 Å². The molecule has 0 bridgehead atoms. The van der Waals surface area contributed by atoms with Crippen LogP contribution in [0.5, 0.6) is 0 Å². The smallest absolute Gasteiger partial charge is 0.0250 e. The van der Waals surface area contributed by atoms with Crippen LogP contribution in [0.15, 0.2) is 0 Å². The fourth-order valence-corrected chi connectivity index (χ4v) is 2.83. The van der Waals surface area contributed by atoms with E-state index in [1.54, 1.807) is 0 Å². The van der Waals surface area contributed by atoms with Crippen LogP contribution < -0.4 is 0 Å². The predicted molar refractivity (Wildman–Crippen MR) is 38.7 cm³/mol. The highest BCUT2D eigenvalue weighted by molar-refractivity contribution is 6.38. The fourth-order valence-electron chi connectivity index (χ4n) is 0.943. The molecule has 0 amide bonds. The molecule has 0 aliphatic heterocycles. The molecule has 0 radical (unpaired) electrons. The highest BCUT2D eigenvalue weighted by atomic mass is 28.2. The van der Waals surface area contributed by atoms with Crippen LogP contribution >= 0.6 is 0 Å². The van der Waals surface area contributed by atoms with E-state index in [9.17, 15) is 0 Å². The quantitative estimate of drug-likeness (QED) is 0.483. The van der Waals surface area contributed by atoms with Gasteiger partial charge in [-0.25, -0.2) is 0 Å². The van der Waals surface area contributed by atoms with E-state index >= 15 is 0 Å². The van der Waals surface area contributed by atoms with Crippen LogP contribution in [0.1, 0.15) is 27.7 Å². The van der Waals surface area contributed by atoms with Crippen LogP contribution in [-0.2, 0) is 0 Å². The molecule has 0 rings (SSSR count). The van der Waals surface area contributed by atoms with Crippen molar-refractivity contribution in [3.8, 4) is 0 Å². The van der Waals surface area contributed by atoms with Gasteiger partial charge < -0.3 is 0 Å². The molecule has 1 heteroatoms. The molecule has 0 atom stereocenters. The minimum Gasteiger partial charge on any atom is -0.0657 e. The van der Waals surface area contributed by atoms with Gasteiger partial charge in [-0.3, -0.25) is 0 Å². The van der Waals surface area contributed by atoms with Crippen LogP contribution in [0.3, 0.4) is 0 Å². The molecule has 0 aliphatic rings. The van der Waals surface area contributed by atoms with Crippen LogP contribution in [0.4, 0.5) is 0 Å². The summed E-state index contributed by atoms with van der Waals surface area (Å²) in [5.41, 5.74) is 2.03. The lowest BCUT2D eigenvalue weighted by Gasteiger charge is -2.04. The van der Waals surface area contributed by atoms with Crippen molar-refractivity contribution in [1.29, 1.82) is 0 Å². The Kier molecular flexibility index (Phi) is 3.35. The summed E-state index contributed by atoms with van der Waals surface area (Å²) >= 11 is 0. The normalized spacial score (nSPS) is 11.1. The Balaban J connectivity index is 2.95. The Hall–Kier alpha value is 0.217. The zero-order valence-electron chi connectivity index (χ0n) is 5.86. The average molecular weight is 116 g/mol. The van der Waals surface area contributed by atoms with Gasteiger partial charge in [-0.05, 0) is 0 Å². The van der Waals surface area contributed by atoms with Crippen LogP contribution in [0.25, 0.3) is 0 Å². The Labute approximate surface area is 49.1 Å². The van der Waals surface area contributed by atoms with Gasteiger partial charge in [0.1, 0.15) is 0 Å². The third-order valence-electron chi connectivity index (χ3n) is 0.943. The summed E-state index contributed by atoms with van der Waals surface area (Å²) in [6.07, 6.45) is 0. The molecular formula is C6H16Si. The summed E-state index contributed by atoms with van der Waals surface area (Å²) in [6.45, 7) is 9.30. The highest BCUT2D eigenvalue weighted by Crippen LogP contribution is 2.07. The first-order chi connectivity index (χ1) is 3.13. The largest absolute Gasteiger partial charge is 0.0657 e. The number of hydrogen-bond acceptors (Lipinski definition) is 0. The summed E-state index contributed by atoms with van der Waals surface area (Å²) in [7, 11) is 0.281. The predicted octanol–water partition coefficient (Wildman–Crippen LogP) is 1.81. The lowest BCUT2D eigenvalue weighted by atomic mass is 10.5. The van der Waals surface area contributed by atoms with Crippen molar-refractivity contribution in [2.75, 3.05) is 0 Å². The Morgan fingerprint density at radius 1 is 0.857 bits per heavy atom. The maximum atomic E-state index is 2.33. The van der Waals surface area contributed by atoms with Crippen molar-refractivity contribution >= 4 is 9.52 Å². The van der Waals surface area contributed by atoms with Crippen molar-refractivity contribution in [2.24, 2.45) is 0 Å². The average Bonchev–Trinajstić information content (AvgIpc) is 1.27. The molecular weight excluding hydrogens is 100 g/mol. The molecule has 0 heterocycles. The van der Waals surface area contributed by atoms with Gasteiger partial charge in [0.05, 0.1) is 0 Å². The molecule has 0 saturated carbocycles. The molecule has 0 N–H and O–H groups in total. The molecule has 0 fully saturated rings. The number of rotatable bonds is 2. The number of hydrogen-bond donors (Lipinski definition) is 0. The minimum atomic E-state index is 0.281. The second kappa shape index (κ2) is 3.25. The molecule has 0 aromatic heterocycles. The topological polar surface area (TPSA) is 0 Å². The van der Waals surface area contributed by atoms with E-state index in [1.165, 1.54) is 0 Å². The standard InChI is InChI=1S/C6H16Si/c1-5(2)7-6(3)4/h5-6H,7H2,1-4H3. The molecule has 0 unspecified atom stereocenters. The maximum absolute atomic E-state index is 2.33. The van der Waals surface area contributed by atoms with E-state index in [0.717, 1.165) is 11.1 Å². The second-order valence-corrected chi connectivity index (χ2v) is 6.76. The third-order valence-corrected chi connectivity index (χ3v) is 2.83. The van der Waals surface area contributed by atoms with E-state index in [0.29, 0.717) is 0 Å². The van der Waals surface area contributed by atoms with Crippen LogP contribution in [0, 0.1) is 0 Å². The molecule has 0 saturated heterocycles. The van der Waals surface area contributed by atoms with Gasteiger partial charge in [-0.15, -0.1) is 0 Å². The molecule has 0 aliphatic carbocycles. The molecule has 0 aromatic rings. The van der Waals surface area contributed by atoms with Gasteiger partial charge in [-0.1, -0.05) is 38.8 Å². The highest BCUT2D eigenvalue weighted by Gasteiger charge is 1.97. The Bertz CT molecular complexity index is 33.4. The van der Waals surface area contributed by atoms with Crippen LogP contribution in [0.2, 0.25) is 11.1 Å². The Morgan fingerprint density at radius 3 is 1.14 bits per heavy atom. The maximum Gasteiger partial charge on any atom is 0.0250 e. The summed E-state index contributed by atoms with van der Waals surface area (Å²) in [5.74, 6) is 0. The van der Waals surface area contributed by atoms with Gasteiger partial charge in [-0.2, -0.15) is 0 Å². The first-order valence-corrected chi connectivity index (χ1v) is 4.76. The first-order valence-electron chi connectivity index (χ1n) is 3.13.